The van der Waals surface area contributed by atoms with Gasteiger partial charge < -0.3 is 10.0 Å². The maximum absolute atomic E-state index is 9.15. The Morgan fingerprint density at radius 2 is 1.89 bits per heavy atom. The molecule has 0 unspecified atom stereocenters. The lowest BCUT2D eigenvalue weighted by Crippen LogP contribution is -2.27. The van der Waals surface area contributed by atoms with Crippen molar-refractivity contribution in [3.8, 4) is 0 Å². The van der Waals surface area contributed by atoms with Crippen molar-refractivity contribution in [2.75, 3.05) is 18.1 Å². The summed E-state index contributed by atoms with van der Waals surface area (Å²) in [5.41, 5.74) is 1.16. The van der Waals surface area contributed by atoms with Crippen LogP contribution in [0.25, 0.3) is 0 Å². The number of benzene rings is 1. The monoisotopic (exact) mass is 262 g/mol. The molecular weight excluding hydrogens is 248 g/mol. The smallest absolute Gasteiger partial charge is 0.147 e. The minimum absolute atomic E-state index is 0.0692. The number of hydrogen-bond donors (Lipinski definition) is 1. The largest absolute Gasteiger partial charge is 0.395 e. The van der Waals surface area contributed by atoms with Gasteiger partial charge in [-0.15, -0.1) is 0 Å². The van der Waals surface area contributed by atoms with Gasteiger partial charge in [-0.25, -0.2) is 4.98 Å². The number of halogens is 1. The van der Waals surface area contributed by atoms with Crippen LogP contribution >= 0.6 is 11.6 Å². The van der Waals surface area contributed by atoms with E-state index in [1.807, 2.05) is 35.2 Å². The number of aliphatic hydroxyl groups is 1. The minimum Gasteiger partial charge on any atom is -0.395 e. The van der Waals surface area contributed by atoms with Gasteiger partial charge in [0.25, 0.3) is 0 Å². The second kappa shape index (κ2) is 6.38. The van der Waals surface area contributed by atoms with Crippen molar-refractivity contribution < 1.29 is 5.11 Å². The van der Waals surface area contributed by atoms with E-state index in [9.17, 15) is 0 Å². The van der Waals surface area contributed by atoms with Gasteiger partial charge in [-0.3, -0.25) is 0 Å². The van der Waals surface area contributed by atoms with E-state index < -0.39 is 0 Å². The van der Waals surface area contributed by atoms with Crippen LogP contribution in [0.15, 0.2) is 48.7 Å². The van der Waals surface area contributed by atoms with Gasteiger partial charge >= 0.3 is 0 Å². The summed E-state index contributed by atoms with van der Waals surface area (Å²) in [7, 11) is 0. The van der Waals surface area contributed by atoms with Crippen LogP contribution in [0.2, 0.25) is 5.02 Å². The zero-order chi connectivity index (χ0) is 12.8. The van der Waals surface area contributed by atoms with E-state index in [1.54, 1.807) is 18.3 Å². The van der Waals surface area contributed by atoms with Gasteiger partial charge in [0.05, 0.1) is 11.6 Å². The molecule has 18 heavy (non-hydrogen) atoms. The molecule has 0 spiro atoms. The third-order valence-electron chi connectivity index (χ3n) is 2.62. The molecule has 0 saturated carbocycles. The Labute approximate surface area is 112 Å². The topological polar surface area (TPSA) is 36.4 Å². The van der Waals surface area contributed by atoms with E-state index in [4.69, 9.17) is 16.7 Å². The molecular formula is C14H15ClN2O. The van der Waals surface area contributed by atoms with Gasteiger partial charge in [0.15, 0.2) is 0 Å². The Kier molecular flexibility index (Phi) is 4.56. The number of hydrogen-bond acceptors (Lipinski definition) is 3. The highest BCUT2D eigenvalue weighted by atomic mass is 35.5. The zero-order valence-electron chi connectivity index (χ0n) is 9.96. The number of anilines is 1. The Bertz CT molecular complexity index is 490. The minimum atomic E-state index is 0.0692. The predicted molar refractivity (Wildman–Crippen MR) is 73.8 cm³/mol. The molecule has 2 aromatic rings. The molecule has 0 atom stereocenters. The lowest BCUT2D eigenvalue weighted by molar-refractivity contribution is 0.301. The fourth-order valence-electron chi connectivity index (χ4n) is 1.79. The molecule has 0 saturated heterocycles. The zero-order valence-corrected chi connectivity index (χ0v) is 10.7. The molecule has 1 heterocycles. The lowest BCUT2D eigenvalue weighted by atomic mass is 10.2. The third-order valence-corrected chi connectivity index (χ3v) is 2.92. The van der Waals surface area contributed by atoms with Crippen LogP contribution in [0.4, 0.5) is 5.82 Å². The van der Waals surface area contributed by atoms with E-state index in [0.717, 1.165) is 5.56 Å². The summed E-state index contributed by atoms with van der Waals surface area (Å²) in [6.07, 6.45) is 1.70. The highest BCUT2D eigenvalue weighted by Crippen LogP contribution is 2.23. The summed E-state index contributed by atoms with van der Waals surface area (Å²) in [6, 6.07) is 13.7. The van der Waals surface area contributed by atoms with E-state index in [2.05, 4.69) is 4.98 Å². The first kappa shape index (κ1) is 12.9. The Balaban J connectivity index is 2.21. The van der Waals surface area contributed by atoms with Gasteiger partial charge in [-0.2, -0.15) is 0 Å². The van der Waals surface area contributed by atoms with Crippen LogP contribution in [-0.4, -0.2) is 23.2 Å². The van der Waals surface area contributed by atoms with E-state index in [1.165, 1.54) is 0 Å². The van der Waals surface area contributed by atoms with Gasteiger partial charge in [-0.1, -0.05) is 41.9 Å². The van der Waals surface area contributed by atoms with Gasteiger partial charge in [-0.05, 0) is 17.7 Å². The molecule has 0 aliphatic rings. The second-order valence-corrected chi connectivity index (χ2v) is 4.35. The summed E-state index contributed by atoms with van der Waals surface area (Å²) >= 11 is 6.14. The lowest BCUT2D eigenvalue weighted by Gasteiger charge is -2.23. The van der Waals surface area contributed by atoms with Crippen molar-refractivity contribution in [3.05, 3.63) is 59.2 Å². The van der Waals surface area contributed by atoms with Crippen LogP contribution < -0.4 is 4.90 Å². The molecule has 0 radical (unpaired) electrons. The van der Waals surface area contributed by atoms with Gasteiger partial charge in [0.1, 0.15) is 5.82 Å². The molecule has 0 aliphatic heterocycles. The number of pyridine rings is 1. The number of aromatic nitrogens is 1. The van der Waals surface area contributed by atoms with Gasteiger partial charge in [0.2, 0.25) is 0 Å². The molecule has 1 N–H and O–H groups in total. The molecule has 4 heteroatoms. The molecule has 3 nitrogen and oxygen atoms in total. The maximum Gasteiger partial charge on any atom is 0.147 e. The molecule has 94 valence electrons. The molecule has 0 bridgehead atoms. The molecule has 1 aromatic carbocycles. The normalized spacial score (nSPS) is 10.3. The molecule has 0 amide bonds. The number of aliphatic hydroxyl groups excluding tert-OH is 1. The first-order chi connectivity index (χ1) is 8.81. The van der Waals surface area contributed by atoms with Crippen LogP contribution in [-0.2, 0) is 6.54 Å². The highest BCUT2D eigenvalue weighted by molar-refractivity contribution is 6.32. The first-order valence-electron chi connectivity index (χ1n) is 5.81. The Morgan fingerprint density at radius 3 is 2.56 bits per heavy atom. The Hall–Kier alpha value is -1.58. The summed E-state index contributed by atoms with van der Waals surface area (Å²) in [6.45, 7) is 1.25. The van der Waals surface area contributed by atoms with Crippen molar-refractivity contribution in [1.82, 2.24) is 4.98 Å². The highest BCUT2D eigenvalue weighted by Gasteiger charge is 2.11. The predicted octanol–water partition coefficient (Wildman–Crippen LogP) is 2.73. The maximum atomic E-state index is 9.15. The second-order valence-electron chi connectivity index (χ2n) is 3.94. The van der Waals surface area contributed by atoms with Crippen molar-refractivity contribution >= 4 is 17.4 Å². The summed E-state index contributed by atoms with van der Waals surface area (Å²) in [5, 5.41) is 9.75. The molecule has 1 aromatic heterocycles. The average molecular weight is 263 g/mol. The summed E-state index contributed by atoms with van der Waals surface area (Å²) in [4.78, 5) is 6.25. The van der Waals surface area contributed by atoms with Crippen molar-refractivity contribution in [2.24, 2.45) is 0 Å². The van der Waals surface area contributed by atoms with Crippen molar-refractivity contribution in [1.29, 1.82) is 0 Å². The van der Waals surface area contributed by atoms with E-state index in [-0.39, 0.29) is 6.61 Å². The van der Waals surface area contributed by atoms with Crippen molar-refractivity contribution in [2.45, 2.75) is 6.54 Å². The summed E-state index contributed by atoms with van der Waals surface area (Å²) < 4.78 is 0. The van der Waals surface area contributed by atoms with Crippen LogP contribution in [0.3, 0.4) is 0 Å². The average Bonchev–Trinajstić information content (AvgIpc) is 2.40. The fraction of sp³-hybridized carbons (Fsp3) is 0.214. The van der Waals surface area contributed by atoms with Crippen LogP contribution in [0.5, 0.6) is 0 Å². The quantitative estimate of drug-likeness (QED) is 0.900. The first-order valence-corrected chi connectivity index (χ1v) is 6.19. The number of nitrogens with zero attached hydrogens (tertiary/aromatic N) is 2. The van der Waals surface area contributed by atoms with E-state index in [0.29, 0.717) is 23.9 Å². The SMILES string of the molecule is OCCN(Cc1ccccc1)c1ncccc1Cl. The van der Waals surface area contributed by atoms with E-state index >= 15 is 0 Å². The molecule has 0 fully saturated rings. The number of rotatable bonds is 5. The standard InChI is InChI=1S/C14H15ClN2O/c15-13-7-4-8-16-14(13)17(9-10-18)11-12-5-2-1-3-6-12/h1-8,18H,9-11H2. The molecule has 2 rings (SSSR count). The third kappa shape index (κ3) is 3.22. The van der Waals surface area contributed by atoms with Crippen LogP contribution in [0.1, 0.15) is 5.56 Å². The molecule has 0 aliphatic carbocycles. The van der Waals surface area contributed by atoms with Crippen molar-refractivity contribution in [3.63, 3.8) is 0 Å². The van der Waals surface area contributed by atoms with Gasteiger partial charge in [0, 0.05) is 19.3 Å². The Morgan fingerprint density at radius 1 is 1.11 bits per heavy atom. The van der Waals surface area contributed by atoms with Crippen LogP contribution in [0, 0.1) is 0 Å². The fourth-order valence-corrected chi connectivity index (χ4v) is 2.04. The summed E-state index contributed by atoms with van der Waals surface area (Å²) in [5.74, 6) is 0.706.